The van der Waals surface area contributed by atoms with Crippen molar-refractivity contribution < 1.29 is 4.79 Å². The highest BCUT2D eigenvalue weighted by Crippen LogP contribution is 2.35. The third-order valence-corrected chi connectivity index (χ3v) is 5.05. The van der Waals surface area contributed by atoms with E-state index >= 15 is 0 Å². The normalized spacial score (nSPS) is 33.9. The number of piperidine rings is 1. The van der Waals surface area contributed by atoms with Crippen LogP contribution in [-0.2, 0) is 0 Å². The van der Waals surface area contributed by atoms with E-state index in [0.717, 1.165) is 32.1 Å². The molecule has 2 atom stereocenters. The lowest BCUT2D eigenvalue weighted by molar-refractivity contribution is 0.163. The van der Waals surface area contributed by atoms with Crippen molar-refractivity contribution in [3.8, 4) is 0 Å². The number of carbonyl (C=O) groups excluding carboxylic acids is 1. The molecule has 2 saturated heterocycles. The third kappa shape index (κ3) is 2.22. The minimum Gasteiger partial charge on any atom is -0.323 e. The van der Waals surface area contributed by atoms with Crippen LogP contribution in [0.15, 0.2) is 0 Å². The Labute approximate surface area is 110 Å². The van der Waals surface area contributed by atoms with Crippen LogP contribution in [0.4, 0.5) is 4.79 Å². The summed E-state index contributed by atoms with van der Waals surface area (Å²) >= 11 is 0. The Morgan fingerprint density at radius 2 is 2.11 bits per heavy atom. The Balaban J connectivity index is 1.57. The molecule has 0 spiro atoms. The van der Waals surface area contributed by atoms with Crippen LogP contribution in [0.1, 0.15) is 32.1 Å². The quantitative estimate of drug-likeness (QED) is 0.825. The number of nitrogens with one attached hydrogen (secondary N) is 1. The van der Waals surface area contributed by atoms with Crippen molar-refractivity contribution in [1.82, 2.24) is 15.1 Å². The number of hydrogen-bond acceptors (Lipinski definition) is 2. The van der Waals surface area contributed by atoms with Gasteiger partial charge in [0.1, 0.15) is 0 Å². The van der Waals surface area contributed by atoms with Crippen molar-refractivity contribution in [1.29, 1.82) is 0 Å². The first-order chi connectivity index (χ1) is 8.75. The lowest BCUT2D eigenvalue weighted by Crippen LogP contribution is -2.39. The van der Waals surface area contributed by atoms with Gasteiger partial charge in [-0.15, -0.1) is 0 Å². The predicted octanol–water partition coefficient (Wildman–Crippen LogP) is 1.52. The van der Waals surface area contributed by atoms with Crippen molar-refractivity contribution in [2.45, 2.75) is 38.1 Å². The van der Waals surface area contributed by atoms with Gasteiger partial charge in [-0.1, -0.05) is 6.42 Å². The maximum atomic E-state index is 12.3. The van der Waals surface area contributed by atoms with E-state index in [1.165, 1.54) is 32.1 Å². The van der Waals surface area contributed by atoms with Crippen LogP contribution >= 0.6 is 0 Å². The molecular formula is C14H25N3O. The van der Waals surface area contributed by atoms with E-state index in [0.29, 0.717) is 12.0 Å². The molecule has 1 saturated carbocycles. The van der Waals surface area contributed by atoms with E-state index in [9.17, 15) is 4.79 Å². The molecule has 4 heteroatoms. The Bertz CT molecular complexity index is 308. The summed E-state index contributed by atoms with van der Waals surface area (Å²) < 4.78 is 0. The number of rotatable bonds is 3. The monoisotopic (exact) mass is 251 g/mol. The molecule has 0 aromatic carbocycles. The number of urea groups is 1. The zero-order valence-electron chi connectivity index (χ0n) is 11.4. The van der Waals surface area contributed by atoms with Crippen LogP contribution < -0.4 is 5.32 Å². The first-order valence-corrected chi connectivity index (χ1v) is 7.48. The van der Waals surface area contributed by atoms with Crippen LogP contribution in [0.5, 0.6) is 0 Å². The summed E-state index contributed by atoms with van der Waals surface area (Å²) in [6.45, 7) is 4.16. The van der Waals surface area contributed by atoms with Gasteiger partial charge in [-0.3, -0.25) is 0 Å². The van der Waals surface area contributed by atoms with Gasteiger partial charge >= 0.3 is 6.03 Å². The second-order valence-corrected chi connectivity index (χ2v) is 6.27. The van der Waals surface area contributed by atoms with Gasteiger partial charge in [-0.2, -0.15) is 0 Å². The summed E-state index contributed by atoms with van der Waals surface area (Å²) in [5, 5.41) is 3.44. The van der Waals surface area contributed by atoms with Gasteiger partial charge in [0.2, 0.25) is 0 Å². The summed E-state index contributed by atoms with van der Waals surface area (Å²) in [5.74, 6) is 1.43. The Morgan fingerprint density at radius 3 is 2.72 bits per heavy atom. The Kier molecular flexibility index (Phi) is 3.46. The van der Waals surface area contributed by atoms with Crippen molar-refractivity contribution in [3.05, 3.63) is 0 Å². The van der Waals surface area contributed by atoms with E-state index in [2.05, 4.69) is 10.2 Å². The van der Waals surface area contributed by atoms with Gasteiger partial charge in [0.05, 0.1) is 6.04 Å². The molecule has 0 aromatic heterocycles. The molecule has 2 unspecified atom stereocenters. The van der Waals surface area contributed by atoms with Crippen molar-refractivity contribution >= 4 is 6.03 Å². The molecule has 2 aliphatic heterocycles. The minimum atomic E-state index is 0.262. The van der Waals surface area contributed by atoms with E-state index < -0.39 is 0 Å². The predicted molar refractivity (Wildman–Crippen MR) is 71.5 cm³/mol. The second kappa shape index (κ2) is 5.08. The summed E-state index contributed by atoms with van der Waals surface area (Å²) in [4.78, 5) is 16.4. The minimum absolute atomic E-state index is 0.262. The molecule has 3 aliphatic rings. The number of likely N-dealkylation sites (N-methyl/N-ethyl adjacent to an activating group) is 1. The zero-order valence-corrected chi connectivity index (χ0v) is 11.4. The average Bonchev–Trinajstić information content (AvgIpc) is 2.58. The van der Waals surface area contributed by atoms with Crippen LogP contribution in [0.3, 0.4) is 0 Å². The maximum Gasteiger partial charge on any atom is 0.320 e. The SMILES string of the molecule is CN1C(=O)N(CC2CCCNC2)CC1C1CCC1. The maximum absolute atomic E-state index is 12.3. The zero-order chi connectivity index (χ0) is 12.5. The fourth-order valence-corrected chi connectivity index (χ4v) is 3.63. The molecule has 2 amide bonds. The van der Waals surface area contributed by atoms with E-state index in [4.69, 9.17) is 0 Å². The summed E-state index contributed by atoms with van der Waals surface area (Å²) in [7, 11) is 1.99. The fourth-order valence-electron chi connectivity index (χ4n) is 3.63. The smallest absolute Gasteiger partial charge is 0.320 e. The van der Waals surface area contributed by atoms with Gasteiger partial charge in [0, 0.05) is 20.1 Å². The fraction of sp³-hybridized carbons (Fsp3) is 0.929. The van der Waals surface area contributed by atoms with Gasteiger partial charge in [0.15, 0.2) is 0 Å². The first kappa shape index (κ1) is 12.3. The molecule has 18 heavy (non-hydrogen) atoms. The summed E-state index contributed by atoms with van der Waals surface area (Å²) in [6.07, 6.45) is 6.53. The molecule has 0 radical (unpaired) electrons. The van der Waals surface area contributed by atoms with Gasteiger partial charge in [-0.05, 0) is 50.6 Å². The van der Waals surface area contributed by atoms with Gasteiger partial charge in [0.25, 0.3) is 0 Å². The molecule has 4 nitrogen and oxygen atoms in total. The van der Waals surface area contributed by atoms with E-state index in [1.807, 2.05) is 11.9 Å². The van der Waals surface area contributed by atoms with Gasteiger partial charge < -0.3 is 15.1 Å². The Morgan fingerprint density at radius 1 is 1.28 bits per heavy atom. The molecule has 0 bridgehead atoms. The molecule has 3 rings (SSSR count). The van der Waals surface area contributed by atoms with E-state index in [-0.39, 0.29) is 6.03 Å². The molecule has 3 fully saturated rings. The third-order valence-electron chi connectivity index (χ3n) is 5.05. The highest BCUT2D eigenvalue weighted by atomic mass is 16.2. The number of carbonyl (C=O) groups is 1. The standard InChI is InChI=1S/C14H25N3O/c1-16-13(12-5-2-6-12)10-17(14(16)18)9-11-4-3-7-15-8-11/h11-13,15H,2-10H2,1H3. The molecular weight excluding hydrogens is 226 g/mol. The molecule has 0 aromatic rings. The van der Waals surface area contributed by atoms with Crippen LogP contribution in [0.25, 0.3) is 0 Å². The molecule has 102 valence electrons. The lowest BCUT2D eigenvalue weighted by Gasteiger charge is -2.34. The lowest BCUT2D eigenvalue weighted by atomic mass is 9.79. The average molecular weight is 251 g/mol. The number of hydrogen-bond donors (Lipinski definition) is 1. The highest BCUT2D eigenvalue weighted by Gasteiger charge is 2.41. The molecule has 2 heterocycles. The summed E-state index contributed by atoms with van der Waals surface area (Å²) in [6, 6.07) is 0.750. The topological polar surface area (TPSA) is 35.6 Å². The van der Waals surface area contributed by atoms with Crippen LogP contribution in [0, 0.1) is 11.8 Å². The summed E-state index contributed by atoms with van der Waals surface area (Å²) in [5.41, 5.74) is 0. The number of nitrogens with zero attached hydrogens (tertiary/aromatic N) is 2. The van der Waals surface area contributed by atoms with Crippen LogP contribution in [-0.4, -0.2) is 55.1 Å². The van der Waals surface area contributed by atoms with Crippen molar-refractivity contribution in [3.63, 3.8) is 0 Å². The molecule has 1 N–H and O–H groups in total. The first-order valence-electron chi connectivity index (χ1n) is 7.48. The second-order valence-electron chi connectivity index (χ2n) is 6.27. The molecule has 1 aliphatic carbocycles. The number of amides is 2. The van der Waals surface area contributed by atoms with Crippen LogP contribution in [0.2, 0.25) is 0 Å². The Hall–Kier alpha value is -0.770. The van der Waals surface area contributed by atoms with Gasteiger partial charge in [-0.25, -0.2) is 4.79 Å². The highest BCUT2D eigenvalue weighted by molar-refractivity contribution is 5.77. The van der Waals surface area contributed by atoms with E-state index in [1.54, 1.807) is 0 Å². The van der Waals surface area contributed by atoms with Crippen molar-refractivity contribution in [2.24, 2.45) is 11.8 Å². The largest absolute Gasteiger partial charge is 0.323 e. The van der Waals surface area contributed by atoms with Crippen molar-refractivity contribution in [2.75, 3.05) is 33.2 Å².